The van der Waals surface area contributed by atoms with E-state index in [2.05, 4.69) is 6.58 Å². The average molecular weight is 145 g/mol. The molecule has 0 N–H and O–H groups in total. The summed E-state index contributed by atoms with van der Waals surface area (Å²) in [4.78, 5) is 10.5. The van der Waals surface area contributed by atoms with Crippen LogP contribution in [-0.4, -0.2) is 5.78 Å². The zero-order chi connectivity index (χ0) is 7.44. The normalized spacial score (nSPS) is 11.2. The van der Waals surface area contributed by atoms with Crippen LogP contribution in [0.5, 0.6) is 0 Å². The molecule has 0 amide bonds. The van der Waals surface area contributed by atoms with Crippen LogP contribution in [0.1, 0.15) is 13.8 Å². The molecule has 2 heteroatoms. The summed E-state index contributed by atoms with van der Waals surface area (Å²) >= 11 is 5.46. The maximum atomic E-state index is 10.5. The number of ketones is 1. The lowest BCUT2D eigenvalue weighted by Gasteiger charge is -1.89. The van der Waals surface area contributed by atoms with Gasteiger partial charge < -0.3 is 0 Å². The highest BCUT2D eigenvalue weighted by molar-refractivity contribution is 6.29. The Kier molecular flexibility index (Phi) is 3.25. The van der Waals surface area contributed by atoms with E-state index < -0.39 is 0 Å². The fourth-order valence-corrected chi connectivity index (χ4v) is 0.473. The Bertz CT molecular complexity index is 164. The summed E-state index contributed by atoms with van der Waals surface area (Å²) in [5.41, 5.74) is 0.447. The van der Waals surface area contributed by atoms with Gasteiger partial charge in [0.2, 0.25) is 0 Å². The van der Waals surface area contributed by atoms with Gasteiger partial charge in [0.1, 0.15) is 0 Å². The third kappa shape index (κ3) is 3.98. The molecule has 9 heavy (non-hydrogen) atoms. The molecule has 0 aromatic carbocycles. The molecule has 0 rings (SSSR count). The van der Waals surface area contributed by atoms with E-state index in [0.29, 0.717) is 10.6 Å². The molecular weight excluding hydrogens is 136 g/mol. The Labute approximate surface area is 60.0 Å². The highest BCUT2D eigenvalue weighted by atomic mass is 35.5. The molecule has 0 unspecified atom stereocenters. The second-order valence-electron chi connectivity index (χ2n) is 1.81. The molecule has 0 heterocycles. The zero-order valence-electron chi connectivity index (χ0n) is 5.57. The fourth-order valence-electron chi connectivity index (χ4n) is 0.342. The topological polar surface area (TPSA) is 17.1 Å². The summed E-state index contributed by atoms with van der Waals surface area (Å²) in [5, 5.41) is 0.579. The minimum atomic E-state index is -0.0463. The van der Waals surface area contributed by atoms with E-state index in [0.717, 1.165) is 0 Å². The van der Waals surface area contributed by atoms with E-state index in [1.807, 2.05) is 0 Å². The SMILES string of the molecule is C=C(C=C(C)Cl)C(C)=O. The maximum Gasteiger partial charge on any atom is 0.159 e. The lowest BCUT2D eigenvalue weighted by Crippen LogP contribution is -1.89. The third-order valence-corrected chi connectivity index (χ3v) is 0.934. The molecule has 0 saturated carbocycles. The molecule has 0 aliphatic heterocycles. The molecule has 0 aliphatic carbocycles. The zero-order valence-corrected chi connectivity index (χ0v) is 6.33. The number of hydrogen-bond donors (Lipinski definition) is 0. The van der Waals surface area contributed by atoms with Crippen LogP contribution in [0.2, 0.25) is 0 Å². The molecule has 0 atom stereocenters. The van der Waals surface area contributed by atoms with E-state index >= 15 is 0 Å². The number of halogens is 1. The molecule has 0 aliphatic rings. The van der Waals surface area contributed by atoms with Crippen LogP contribution in [0.4, 0.5) is 0 Å². The highest BCUT2D eigenvalue weighted by Gasteiger charge is 1.94. The van der Waals surface area contributed by atoms with Crippen LogP contribution in [0.25, 0.3) is 0 Å². The van der Waals surface area contributed by atoms with Crippen LogP contribution in [-0.2, 0) is 4.79 Å². The third-order valence-electron chi connectivity index (χ3n) is 0.825. The van der Waals surface area contributed by atoms with Gasteiger partial charge in [0.25, 0.3) is 0 Å². The van der Waals surface area contributed by atoms with Gasteiger partial charge in [-0.2, -0.15) is 0 Å². The van der Waals surface area contributed by atoms with Gasteiger partial charge in [-0.1, -0.05) is 18.2 Å². The molecule has 0 aromatic rings. The van der Waals surface area contributed by atoms with Gasteiger partial charge in [-0.05, 0) is 19.9 Å². The van der Waals surface area contributed by atoms with E-state index in [-0.39, 0.29) is 5.78 Å². The first-order valence-corrected chi connectivity index (χ1v) is 2.95. The molecule has 0 aromatic heterocycles. The lowest BCUT2D eigenvalue weighted by atomic mass is 10.2. The number of allylic oxidation sites excluding steroid dienone is 3. The lowest BCUT2D eigenvalue weighted by molar-refractivity contribution is -0.113. The summed E-state index contributed by atoms with van der Waals surface area (Å²) in [5.74, 6) is -0.0463. The molecule has 0 saturated heterocycles. The Morgan fingerprint density at radius 2 is 2.00 bits per heavy atom. The van der Waals surface area contributed by atoms with Crippen molar-refractivity contribution < 1.29 is 4.79 Å². The van der Waals surface area contributed by atoms with Crippen LogP contribution < -0.4 is 0 Å². The predicted molar refractivity (Wildman–Crippen MR) is 39.4 cm³/mol. The summed E-state index contributed by atoms with van der Waals surface area (Å²) in [6, 6.07) is 0. The first-order chi connectivity index (χ1) is 4.04. The summed E-state index contributed by atoms with van der Waals surface area (Å²) < 4.78 is 0. The van der Waals surface area contributed by atoms with Gasteiger partial charge in [0.15, 0.2) is 5.78 Å². The standard InChI is InChI=1S/C7H9ClO/c1-5(7(3)9)4-6(2)8/h4H,1H2,2-3H3. The van der Waals surface area contributed by atoms with Crippen molar-refractivity contribution in [2.24, 2.45) is 0 Å². The van der Waals surface area contributed by atoms with Crippen LogP contribution in [0.3, 0.4) is 0 Å². The Morgan fingerprint density at radius 1 is 1.56 bits per heavy atom. The van der Waals surface area contributed by atoms with E-state index in [9.17, 15) is 4.79 Å². The smallest absolute Gasteiger partial charge is 0.159 e. The number of Topliss-reactive ketones (excluding diaryl/α,β-unsaturated/α-hetero) is 1. The van der Waals surface area contributed by atoms with Crippen molar-refractivity contribution in [2.75, 3.05) is 0 Å². The average Bonchev–Trinajstić information content (AvgIpc) is 1.63. The van der Waals surface area contributed by atoms with Gasteiger partial charge in [-0.15, -0.1) is 0 Å². The molecule has 1 nitrogen and oxygen atoms in total. The fraction of sp³-hybridized carbons (Fsp3) is 0.286. The summed E-state index contributed by atoms with van der Waals surface area (Å²) in [6.07, 6.45) is 1.55. The molecule has 0 fully saturated rings. The van der Waals surface area contributed by atoms with Crippen molar-refractivity contribution >= 4 is 17.4 Å². The highest BCUT2D eigenvalue weighted by Crippen LogP contribution is 2.03. The Morgan fingerprint density at radius 3 is 2.11 bits per heavy atom. The van der Waals surface area contributed by atoms with Crippen molar-refractivity contribution in [1.29, 1.82) is 0 Å². The summed E-state index contributed by atoms with van der Waals surface area (Å²) in [6.45, 7) is 6.65. The minimum absolute atomic E-state index is 0.0463. The van der Waals surface area contributed by atoms with Gasteiger partial charge in [-0.3, -0.25) is 4.79 Å². The van der Waals surface area contributed by atoms with Gasteiger partial charge in [-0.25, -0.2) is 0 Å². The van der Waals surface area contributed by atoms with Gasteiger partial charge >= 0.3 is 0 Å². The van der Waals surface area contributed by atoms with Crippen molar-refractivity contribution in [3.05, 3.63) is 23.3 Å². The molecule has 0 spiro atoms. The maximum absolute atomic E-state index is 10.5. The number of carbonyl (C=O) groups is 1. The largest absolute Gasteiger partial charge is 0.295 e. The van der Waals surface area contributed by atoms with E-state index in [1.54, 1.807) is 13.0 Å². The first-order valence-electron chi connectivity index (χ1n) is 2.57. The minimum Gasteiger partial charge on any atom is -0.295 e. The number of hydrogen-bond acceptors (Lipinski definition) is 1. The van der Waals surface area contributed by atoms with Crippen LogP contribution >= 0.6 is 11.6 Å². The first kappa shape index (κ1) is 8.44. The summed E-state index contributed by atoms with van der Waals surface area (Å²) in [7, 11) is 0. The van der Waals surface area contributed by atoms with Crippen molar-refractivity contribution in [2.45, 2.75) is 13.8 Å². The molecule has 0 radical (unpaired) electrons. The molecule has 50 valence electrons. The Hall–Kier alpha value is -0.560. The number of carbonyl (C=O) groups excluding carboxylic acids is 1. The van der Waals surface area contributed by atoms with Crippen molar-refractivity contribution in [1.82, 2.24) is 0 Å². The van der Waals surface area contributed by atoms with E-state index in [4.69, 9.17) is 11.6 Å². The van der Waals surface area contributed by atoms with Crippen LogP contribution in [0.15, 0.2) is 23.3 Å². The second kappa shape index (κ2) is 3.46. The van der Waals surface area contributed by atoms with Crippen LogP contribution in [0, 0.1) is 0 Å². The number of rotatable bonds is 2. The van der Waals surface area contributed by atoms with Gasteiger partial charge in [0.05, 0.1) is 0 Å². The van der Waals surface area contributed by atoms with E-state index in [1.165, 1.54) is 6.92 Å². The predicted octanol–water partition coefficient (Wildman–Crippen LogP) is 2.27. The quantitative estimate of drug-likeness (QED) is 0.429. The molecular formula is C7H9ClO. The van der Waals surface area contributed by atoms with Crippen molar-refractivity contribution in [3.8, 4) is 0 Å². The monoisotopic (exact) mass is 144 g/mol. The second-order valence-corrected chi connectivity index (χ2v) is 2.41. The van der Waals surface area contributed by atoms with Gasteiger partial charge in [0, 0.05) is 10.6 Å². The molecule has 0 bridgehead atoms. The van der Waals surface area contributed by atoms with Crippen molar-refractivity contribution in [3.63, 3.8) is 0 Å². The Balaban J connectivity index is 4.09.